The van der Waals surface area contributed by atoms with Crippen molar-refractivity contribution in [3.8, 4) is 0 Å². The third-order valence-corrected chi connectivity index (χ3v) is 4.76. The van der Waals surface area contributed by atoms with Crippen molar-refractivity contribution < 1.29 is 9.85 Å². The van der Waals surface area contributed by atoms with Crippen molar-refractivity contribution in [1.82, 2.24) is 15.4 Å². The van der Waals surface area contributed by atoms with Crippen LogP contribution >= 0.6 is 0 Å². The Morgan fingerprint density at radius 3 is 2.62 bits per heavy atom. The number of hydrazone groups is 1. The molecule has 4 N–H and O–H groups in total. The van der Waals surface area contributed by atoms with Crippen LogP contribution in [0.5, 0.6) is 0 Å². The molecule has 0 atom stereocenters. The molecule has 14 nitrogen and oxygen atoms in total. The number of benzene rings is 3. The second kappa shape index (κ2) is 9.07. The van der Waals surface area contributed by atoms with E-state index in [9.17, 15) is 20.2 Å². The van der Waals surface area contributed by atoms with E-state index in [-0.39, 0.29) is 5.69 Å². The summed E-state index contributed by atoms with van der Waals surface area (Å²) in [6, 6.07) is 13.6. The van der Waals surface area contributed by atoms with E-state index in [2.05, 4.69) is 36.2 Å². The fraction of sp³-hybridized carbons (Fsp3) is 0.0500. The monoisotopic (exact) mass is 460 g/mol. The number of non-ortho nitro benzene ring substituents is 1. The summed E-state index contributed by atoms with van der Waals surface area (Å²) < 4.78 is 0. The number of hydrogen-bond acceptors (Lipinski definition) is 11. The second-order valence-corrected chi connectivity index (χ2v) is 6.97. The second-order valence-electron chi connectivity index (χ2n) is 6.97. The van der Waals surface area contributed by atoms with Crippen molar-refractivity contribution in [3.05, 3.63) is 80.4 Å². The van der Waals surface area contributed by atoms with Gasteiger partial charge in [0.25, 0.3) is 5.69 Å². The first-order valence-electron chi connectivity index (χ1n) is 9.68. The zero-order valence-corrected chi connectivity index (χ0v) is 17.5. The molecule has 0 saturated carbocycles. The van der Waals surface area contributed by atoms with Gasteiger partial charge in [-0.3, -0.25) is 25.7 Å². The SMILES string of the molecule is C/C(=N\Nc1ccc([N+](=O)[O-])cc1[N+](=O)[O-])c1cccc(N=Nc2c(N)ccc3n[nH]nc23)c1. The minimum atomic E-state index is -0.720. The summed E-state index contributed by atoms with van der Waals surface area (Å²) in [7, 11) is 0. The molecule has 0 fully saturated rings. The lowest BCUT2D eigenvalue weighted by Crippen LogP contribution is -2.02. The zero-order chi connectivity index (χ0) is 24.2. The molecule has 0 bridgehead atoms. The van der Waals surface area contributed by atoms with Gasteiger partial charge in [-0.15, -0.1) is 5.11 Å². The number of nitrogens with two attached hydrogens (primary N) is 1. The van der Waals surface area contributed by atoms with Gasteiger partial charge in [-0.05, 0) is 42.8 Å². The molecular formula is C20H16N10O4. The number of nitrogens with one attached hydrogen (secondary N) is 2. The molecular weight excluding hydrogens is 444 g/mol. The van der Waals surface area contributed by atoms with Crippen LogP contribution in [0.2, 0.25) is 0 Å². The fourth-order valence-corrected chi connectivity index (χ4v) is 3.01. The van der Waals surface area contributed by atoms with Crippen LogP contribution in [-0.2, 0) is 0 Å². The first kappa shape index (κ1) is 21.9. The normalized spacial score (nSPS) is 11.7. The van der Waals surface area contributed by atoms with Gasteiger partial charge in [0.1, 0.15) is 22.4 Å². The van der Waals surface area contributed by atoms with Crippen molar-refractivity contribution in [3.63, 3.8) is 0 Å². The Labute approximate surface area is 190 Å². The van der Waals surface area contributed by atoms with E-state index in [0.29, 0.717) is 39.4 Å². The predicted molar refractivity (Wildman–Crippen MR) is 125 cm³/mol. The van der Waals surface area contributed by atoms with Crippen LogP contribution in [-0.4, -0.2) is 31.0 Å². The predicted octanol–water partition coefficient (Wildman–Crippen LogP) is 4.61. The summed E-state index contributed by atoms with van der Waals surface area (Å²) in [5.41, 5.74) is 11.3. The van der Waals surface area contributed by atoms with Crippen molar-refractivity contribution >= 4 is 50.9 Å². The maximum Gasteiger partial charge on any atom is 0.301 e. The lowest BCUT2D eigenvalue weighted by atomic mass is 10.1. The van der Waals surface area contributed by atoms with Gasteiger partial charge in [-0.1, -0.05) is 12.1 Å². The smallest absolute Gasteiger partial charge is 0.301 e. The zero-order valence-electron chi connectivity index (χ0n) is 17.5. The number of aromatic amines is 1. The Hall–Kier alpha value is -5.27. The standard InChI is InChI=1S/C20H16N10O4/c1-11(22-24-16-7-5-14(29(31)32)10-18(16)30(33)34)12-3-2-4-13(9-12)23-26-19-15(21)6-8-17-20(19)27-28-25-17/h2-10,24H,21H2,1H3,(H,25,27,28)/b22-11+,26-23?. The molecule has 0 amide bonds. The minimum absolute atomic E-state index is 0.0157. The fourth-order valence-electron chi connectivity index (χ4n) is 3.01. The molecule has 0 radical (unpaired) electrons. The summed E-state index contributed by atoms with van der Waals surface area (Å²) in [5.74, 6) is 0. The van der Waals surface area contributed by atoms with Crippen LogP contribution in [0.15, 0.2) is 69.9 Å². The number of hydrogen-bond donors (Lipinski definition) is 3. The highest BCUT2D eigenvalue weighted by molar-refractivity contribution is 5.99. The number of azo groups is 1. The van der Waals surface area contributed by atoms with E-state index in [0.717, 1.165) is 12.1 Å². The Balaban J connectivity index is 1.58. The van der Waals surface area contributed by atoms with Crippen molar-refractivity contribution in [1.29, 1.82) is 0 Å². The number of aromatic nitrogens is 3. The Bertz CT molecular complexity index is 1480. The molecule has 34 heavy (non-hydrogen) atoms. The van der Waals surface area contributed by atoms with Crippen molar-refractivity contribution in [2.24, 2.45) is 15.3 Å². The summed E-state index contributed by atoms with van der Waals surface area (Å²) in [6.45, 7) is 1.69. The van der Waals surface area contributed by atoms with Gasteiger partial charge in [0, 0.05) is 6.07 Å². The topological polar surface area (TPSA) is 203 Å². The third kappa shape index (κ3) is 4.50. The lowest BCUT2D eigenvalue weighted by molar-refractivity contribution is -0.393. The average Bonchev–Trinajstić information content (AvgIpc) is 3.30. The Kier molecular flexibility index (Phi) is 5.86. The quantitative estimate of drug-likeness (QED) is 0.116. The summed E-state index contributed by atoms with van der Waals surface area (Å²) in [6.07, 6.45) is 0. The van der Waals surface area contributed by atoms with Crippen LogP contribution in [0.3, 0.4) is 0 Å². The number of anilines is 2. The highest BCUT2D eigenvalue weighted by Gasteiger charge is 2.19. The van der Waals surface area contributed by atoms with Crippen LogP contribution in [0.25, 0.3) is 11.0 Å². The van der Waals surface area contributed by atoms with Gasteiger partial charge in [-0.2, -0.15) is 25.6 Å². The van der Waals surface area contributed by atoms with E-state index in [4.69, 9.17) is 5.73 Å². The van der Waals surface area contributed by atoms with Crippen LogP contribution in [0.1, 0.15) is 12.5 Å². The first-order chi connectivity index (χ1) is 16.3. The molecule has 0 unspecified atom stereocenters. The lowest BCUT2D eigenvalue weighted by Gasteiger charge is -2.05. The molecule has 0 aliphatic heterocycles. The number of rotatable bonds is 7. The maximum absolute atomic E-state index is 11.3. The Morgan fingerprint density at radius 2 is 1.85 bits per heavy atom. The molecule has 1 aromatic heterocycles. The van der Waals surface area contributed by atoms with Crippen molar-refractivity contribution in [2.75, 3.05) is 11.2 Å². The number of nitro benzene ring substituents is 2. The highest BCUT2D eigenvalue weighted by Crippen LogP contribution is 2.31. The van der Waals surface area contributed by atoms with Gasteiger partial charge in [-0.25, -0.2) is 0 Å². The largest absolute Gasteiger partial charge is 0.397 e. The molecule has 170 valence electrons. The van der Waals surface area contributed by atoms with Crippen LogP contribution < -0.4 is 11.2 Å². The first-order valence-corrected chi connectivity index (χ1v) is 9.68. The van der Waals surface area contributed by atoms with Crippen LogP contribution in [0, 0.1) is 20.2 Å². The summed E-state index contributed by atoms with van der Waals surface area (Å²) in [4.78, 5) is 20.7. The molecule has 0 aliphatic rings. The highest BCUT2D eigenvalue weighted by atomic mass is 16.6. The summed E-state index contributed by atoms with van der Waals surface area (Å²) in [5, 5.41) is 45.3. The molecule has 14 heteroatoms. The number of H-pyrrole nitrogens is 1. The van der Waals surface area contributed by atoms with E-state index in [1.165, 1.54) is 6.07 Å². The molecule has 1 heterocycles. The molecule has 0 saturated heterocycles. The number of fused-ring (bicyclic) bond motifs is 1. The number of nitrogen functional groups attached to an aromatic ring is 1. The van der Waals surface area contributed by atoms with E-state index < -0.39 is 21.2 Å². The van der Waals surface area contributed by atoms with E-state index in [1.807, 2.05) is 0 Å². The number of nitro groups is 2. The third-order valence-electron chi connectivity index (χ3n) is 4.76. The minimum Gasteiger partial charge on any atom is -0.397 e. The van der Waals surface area contributed by atoms with Crippen LogP contribution in [0.4, 0.5) is 34.1 Å². The average molecular weight is 460 g/mol. The number of nitrogens with zero attached hydrogens (tertiary/aromatic N) is 7. The maximum atomic E-state index is 11.3. The van der Waals surface area contributed by atoms with Gasteiger partial charge in [0.2, 0.25) is 0 Å². The molecule has 4 rings (SSSR count). The van der Waals surface area contributed by atoms with Gasteiger partial charge in [0.15, 0.2) is 0 Å². The molecule has 0 spiro atoms. The van der Waals surface area contributed by atoms with E-state index >= 15 is 0 Å². The Morgan fingerprint density at radius 1 is 1.03 bits per heavy atom. The van der Waals surface area contributed by atoms with Gasteiger partial charge < -0.3 is 5.73 Å². The van der Waals surface area contributed by atoms with Gasteiger partial charge in [0.05, 0.1) is 33.0 Å². The van der Waals surface area contributed by atoms with Crippen molar-refractivity contribution in [2.45, 2.75) is 6.92 Å². The molecule has 3 aromatic carbocycles. The summed E-state index contributed by atoms with van der Waals surface area (Å²) >= 11 is 0. The van der Waals surface area contributed by atoms with E-state index in [1.54, 1.807) is 43.3 Å². The molecule has 4 aromatic rings. The molecule has 0 aliphatic carbocycles. The van der Waals surface area contributed by atoms with Gasteiger partial charge >= 0.3 is 5.69 Å².